The summed E-state index contributed by atoms with van der Waals surface area (Å²) in [4.78, 5) is 11.6. The van der Waals surface area contributed by atoms with E-state index in [2.05, 4.69) is 10.1 Å². The van der Waals surface area contributed by atoms with E-state index in [-0.39, 0.29) is 23.7 Å². The van der Waals surface area contributed by atoms with Crippen LogP contribution in [0.15, 0.2) is 24.3 Å². The molecule has 0 bridgehead atoms. The predicted octanol–water partition coefficient (Wildman–Crippen LogP) is 2.67. The highest BCUT2D eigenvalue weighted by atomic mass is 19.4. The van der Waals surface area contributed by atoms with Gasteiger partial charge in [-0.3, -0.25) is 4.79 Å². The molecule has 1 aliphatic rings. The molecule has 2 rings (SSSR count). The second-order valence-electron chi connectivity index (χ2n) is 5.29. The molecule has 1 N–H and O–H groups in total. The molecule has 0 aliphatic carbocycles. The number of piperidine rings is 1. The average molecular weight is 317 g/mol. The van der Waals surface area contributed by atoms with Crippen molar-refractivity contribution < 1.29 is 27.4 Å². The van der Waals surface area contributed by atoms with E-state index in [4.69, 9.17) is 4.74 Å². The van der Waals surface area contributed by atoms with Gasteiger partial charge in [0.15, 0.2) is 0 Å². The summed E-state index contributed by atoms with van der Waals surface area (Å²) >= 11 is 0. The molecular weight excluding hydrogens is 299 g/mol. The Kier molecular flexibility index (Phi) is 5.28. The van der Waals surface area contributed by atoms with Gasteiger partial charge in [0.1, 0.15) is 5.75 Å². The highest BCUT2D eigenvalue weighted by Gasteiger charge is 2.31. The molecule has 1 aromatic carbocycles. The number of esters is 1. The molecule has 122 valence electrons. The van der Waals surface area contributed by atoms with Crippen LogP contribution in [0.2, 0.25) is 0 Å². The topological polar surface area (TPSA) is 47.6 Å². The van der Waals surface area contributed by atoms with Crippen LogP contribution in [0, 0.1) is 5.92 Å². The fourth-order valence-electron chi connectivity index (χ4n) is 2.65. The van der Waals surface area contributed by atoms with Gasteiger partial charge < -0.3 is 14.8 Å². The highest BCUT2D eigenvalue weighted by Crippen LogP contribution is 2.24. The minimum Gasteiger partial charge on any atom is -0.469 e. The largest absolute Gasteiger partial charge is 0.573 e. The molecule has 0 aromatic heterocycles. The van der Waals surface area contributed by atoms with Crippen molar-refractivity contribution in [1.82, 2.24) is 5.32 Å². The lowest BCUT2D eigenvalue weighted by atomic mass is 9.89. The van der Waals surface area contributed by atoms with Crippen molar-refractivity contribution in [2.24, 2.45) is 5.92 Å². The van der Waals surface area contributed by atoms with Crippen LogP contribution < -0.4 is 10.1 Å². The number of hydrogen-bond donors (Lipinski definition) is 1. The first kappa shape index (κ1) is 16.6. The lowest BCUT2D eigenvalue weighted by molar-refractivity contribution is -0.274. The van der Waals surface area contributed by atoms with Crippen molar-refractivity contribution in [2.45, 2.75) is 31.7 Å². The molecule has 1 aliphatic heterocycles. The first-order valence-corrected chi connectivity index (χ1v) is 7.03. The van der Waals surface area contributed by atoms with Gasteiger partial charge in [0, 0.05) is 6.04 Å². The molecule has 1 heterocycles. The summed E-state index contributed by atoms with van der Waals surface area (Å²) in [6, 6.07) is 5.90. The Morgan fingerprint density at radius 1 is 1.32 bits per heavy atom. The van der Waals surface area contributed by atoms with Gasteiger partial charge in [-0.1, -0.05) is 12.1 Å². The zero-order chi connectivity index (χ0) is 16.2. The zero-order valence-corrected chi connectivity index (χ0v) is 12.2. The maximum Gasteiger partial charge on any atom is 0.573 e. The number of alkyl halides is 3. The molecule has 0 radical (unpaired) electrons. The minimum absolute atomic E-state index is 0.104. The molecule has 4 nitrogen and oxygen atoms in total. The van der Waals surface area contributed by atoms with Gasteiger partial charge in [0.2, 0.25) is 0 Å². The Bertz CT molecular complexity index is 502. The maximum atomic E-state index is 12.1. The SMILES string of the molecule is COC(=O)C1CCNC(Cc2ccc(OC(F)(F)F)cc2)C1. The van der Waals surface area contributed by atoms with Crippen molar-refractivity contribution in [2.75, 3.05) is 13.7 Å². The number of methoxy groups -OCH3 is 1. The van der Waals surface area contributed by atoms with E-state index in [1.165, 1.54) is 19.2 Å². The second-order valence-corrected chi connectivity index (χ2v) is 5.29. The van der Waals surface area contributed by atoms with Crippen LogP contribution in [0.3, 0.4) is 0 Å². The third kappa shape index (κ3) is 4.91. The normalized spacial score (nSPS) is 22.2. The molecule has 1 saturated heterocycles. The highest BCUT2D eigenvalue weighted by molar-refractivity contribution is 5.72. The average Bonchev–Trinajstić information content (AvgIpc) is 2.47. The summed E-state index contributed by atoms with van der Waals surface area (Å²) in [5.74, 6) is -0.565. The number of halogens is 3. The van der Waals surface area contributed by atoms with E-state index in [0.717, 1.165) is 18.5 Å². The number of ether oxygens (including phenoxy) is 2. The third-order valence-electron chi connectivity index (χ3n) is 3.67. The third-order valence-corrected chi connectivity index (χ3v) is 3.67. The predicted molar refractivity (Wildman–Crippen MR) is 73.4 cm³/mol. The van der Waals surface area contributed by atoms with Crippen molar-refractivity contribution in [3.05, 3.63) is 29.8 Å². The summed E-state index contributed by atoms with van der Waals surface area (Å²) in [5, 5.41) is 3.31. The van der Waals surface area contributed by atoms with E-state index in [0.29, 0.717) is 12.8 Å². The van der Waals surface area contributed by atoms with Crippen LogP contribution in [0.5, 0.6) is 5.75 Å². The number of nitrogens with one attached hydrogen (secondary N) is 1. The number of hydrogen-bond acceptors (Lipinski definition) is 4. The quantitative estimate of drug-likeness (QED) is 0.868. The van der Waals surface area contributed by atoms with E-state index in [9.17, 15) is 18.0 Å². The fourth-order valence-corrected chi connectivity index (χ4v) is 2.65. The van der Waals surface area contributed by atoms with Gasteiger partial charge in [0.25, 0.3) is 0 Å². The first-order chi connectivity index (χ1) is 10.4. The summed E-state index contributed by atoms with van der Waals surface area (Å²) in [7, 11) is 1.37. The van der Waals surface area contributed by atoms with Gasteiger partial charge in [-0.05, 0) is 43.5 Å². The Morgan fingerprint density at radius 2 is 2.00 bits per heavy atom. The zero-order valence-electron chi connectivity index (χ0n) is 12.2. The fraction of sp³-hybridized carbons (Fsp3) is 0.533. The summed E-state index contributed by atoms with van der Waals surface area (Å²) in [6.07, 6.45) is -2.64. The van der Waals surface area contributed by atoms with Gasteiger partial charge in [-0.25, -0.2) is 0 Å². The van der Waals surface area contributed by atoms with Crippen molar-refractivity contribution in [1.29, 1.82) is 0 Å². The van der Waals surface area contributed by atoms with Gasteiger partial charge in [-0.15, -0.1) is 13.2 Å². The molecule has 2 unspecified atom stereocenters. The van der Waals surface area contributed by atoms with Crippen LogP contribution in [0.25, 0.3) is 0 Å². The smallest absolute Gasteiger partial charge is 0.469 e. The molecule has 1 aromatic rings. The van der Waals surface area contributed by atoms with Crippen molar-refractivity contribution in [3.8, 4) is 5.75 Å². The van der Waals surface area contributed by atoms with Crippen molar-refractivity contribution in [3.63, 3.8) is 0 Å². The summed E-state index contributed by atoms with van der Waals surface area (Å²) < 4.78 is 44.9. The molecule has 7 heteroatoms. The lowest BCUT2D eigenvalue weighted by Gasteiger charge is -2.29. The molecule has 0 amide bonds. The number of benzene rings is 1. The summed E-state index contributed by atoms with van der Waals surface area (Å²) in [5.41, 5.74) is 0.887. The number of rotatable bonds is 4. The molecule has 0 spiro atoms. The Balaban J connectivity index is 1.91. The maximum absolute atomic E-state index is 12.1. The second kappa shape index (κ2) is 7.00. The van der Waals surface area contributed by atoms with E-state index in [1.54, 1.807) is 12.1 Å². The Morgan fingerprint density at radius 3 is 2.59 bits per heavy atom. The molecule has 2 atom stereocenters. The van der Waals surface area contributed by atoms with Crippen LogP contribution >= 0.6 is 0 Å². The van der Waals surface area contributed by atoms with E-state index >= 15 is 0 Å². The van der Waals surface area contributed by atoms with Gasteiger partial charge in [0.05, 0.1) is 13.0 Å². The van der Waals surface area contributed by atoms with E-state index in [1.807, 2.05) is 0 Å². The van der Waals surface area contributed by atoms with Crippen LogP contribution in [0.1, 0.15) is 18.4 Å². The van der Waals surface area contributed by atoms with Crippen molar-refractivity contribution >= 4 is 5.97 Å². The van der Waals surface area contributed by atoms with Crippen LogP contribution in [-0.4, -0.2) is 32.0 Å². The minimum atomic E-state index is -4.68. The number of carbonyl (C=O) groups excluding carboxylic acids is 1. The van der Waals surface area contributed by atoms with Gasteiger partial charge >= 0.3 is 12.3 Å². The standard InChI is InChI=1S/C15H18F3NO3/c1-21-14(20)11-6-7-19-12(9-11)8-10-2-4-13(5-3-10)22-15(16,17)18/h2-5,11-12,19H,6-9H2,1H3. The lowest BCUT2D eigenvalue weighted by Crippen LogP contribution is -2.42. The van der Waals surface area contributed by atoms with Gasteiger partial charge in [-0.2, -0.15) is 0 Å². The first-order valence-electron chi connectivity index (χ1n) is 7.03. The van der Waals surface area contributed by atoms with Crippen LogP contribution in [0.4, 0.5) is 13.2 Å². The number of carbonyl (C=O) groups is 1. The summed E-state index contributed by atoms with van der Waals surface area (Å²) in [6.45, 7) is 0.722. The molecular formula is C15H18F3NO3. The molecule has 1 fully saturated rings. The Labute approximate surface area is 126 Å². The van der Waals surface area contributed by atoms with E-state index < -0.39 is 6.36 Å². The Hall–Kier alpha value is -1.76. The molecule has 0 saturated carbocycles. The van der Waals surface area contributed by atoms with Crippen LogP contribution in [-0.2, 0) is 16.0 Å². The molecule has 22 heavy (non-hydrogen) atoms. The monoisotopic (exact) mass is 317 g/mol.